The molecule has 0 aliphatic carbocycles. The van der Waals surface area contributed by atoms with E-state index in [-0.39, 0.29) is 19.5 Å². The normalized spacial score (nSPS) is 8.22. The van der Waals surface area contributed by atoms with Crippen LogP contribution in [0.1, 0.15) is 5.56 Å². The van der Waals surface area contributed by atoms with Crippen LogP contribution in [0.25, 0.3) is 0 Å². The predicted molar refractivity (Wildman–Crippen MR) is 36.2 cm³/mol. The van der Waals surface area contributed by atoms with E-state index in [0.717, 1.165) is 5.02 Å². The third kappa shape index (κ3) is 2.98. The topological polar surface area (TPSA) is 0 Å². The Labute approximate surface area is 73.0 Å². The SMILES string of the molecule is Cc1ccc(Cl)cc1.[Zn]. The van der Waals surface area contributed by atoms with Crippen molar-refractivity contribution >= 4 is 11.6 Å². The predicted octanol–water partition coefficient (Wildman–Crippen LogP) is 2.65. The summed E-state index contributed by atoms with van der Waals surface area (Å²) >= 11 is 5.61. The molecule has 0 heterocycles. The molecule has 0 saturated heterocycles. The average molecular weight is 192 g/mol. The van der Waals surface area contributed by atoms with Crippen LogP contribution >= 0.6 is 11.6 Å². The van der Waals surface area contributed by atoms with E-state index in [1.807, 2.05) is 31.2 Å². The third-order valence-electron chi connectivity index (χ3n) is 1.01. The summed E-state index contributed by atoms with van der Waals surface area (Å²) in [7, 11) is 0. The van der Waals surface area contributed by atoms with Gasteiger partial charge in [0.15, 0.2) is 0 Å². The van der Waals surface area contributed by atoms with E-state index in [9.17, 15) is 0 Å². The second kappa shape index (κ2) is 4.03. The fourth-order valence-electron chi connectivity index (χ4n) is 0.533. The van der Waals surface area contributed by atoms with Gasteiger partial charge in [-0.05, 0) is 19.1 Å². The Balaban J connectivity index is 0.000000640. The van der Waals surface area contributed by atoms with Crippen molar-refractivity contribution in [2.75, 3.05) is 0 Å². The molecule has 0 atom stereocenters. The molecule has 0 fully saturated rings. The summed E-state index contributed by atoms with van der Waals surface area (Å²) in [5.74, 6) is 0. The molecule has 0 N–H and O–H groups in total. The van der Waals surface area contributed by atoms with Crippen molar-refractivity contribution in [3.63, 3.8) is 0 Å². The fourth-order valence-corrected chi connectivity index (χ4v) is 0.659. The van der Waals surface area contributed by atoms with Crippen molar-refractivity contribution in [1.82, 2.24) is 0 Å². The Morgan fingerprint density at radius 3 is 1.89 bits per heavy atom. The minimum absolute atomic E-state index is 0. The smallest absolute Gasteiger partial charge is 0.0406 e. The van der Waals surface area contributed by atoms with E-state index in [4.69, 9.17) is 11.6 Å². The second-order valence-corrected chi connectivity index (χ2v) is 2.23. The van der Waals surface area contributed by atoms with Crippen molar-refractivity contribution in [1.29, 1.82) is 0 Å². The van der Waals surface area contributed by atoms with Crippen LogP contribution in [0.15, 0.2) is 24.3 Å². The summed E-state index contributed by atoms with van der Waals surface area (Å²) < 4.78 is 0. The molecule has 0 spiro atoms. The van der Waals surface area contributed by atoms with Gasteiger partial charge in [-0.1, -0.05) is 29.3 Å². The van der Waals surface area contributed by atoms with Gasteiger partial charge in [-0.25, -0.2) is 0 Å². The number of hydrogen-bond donors (Lipinski definition) is 0. The molecule has 1 aromatic carbocycles. The molecule has 0 aliphatic rings. The van der Waals surface area contributed by atoms with Crippen LogP contribution in [0.3, 0.4) is 0 Å². The molecule has 0 amide bonds. The van der Waals surface area contributed by atoms with Crippen LogP contribution in [0.4, 0.5) is 0 Å². The molecule has 44 valence electrons. The second-order valence-electron chi connectivity index (χ2n) is 1.80. The Kier molecular flexibility index (Phi) is 4.09. The minimum Gasteiger partial charge on any atom is -0.0843 e. The van der Waals surface area contributed by atoms with Crippen LogP contribution < -0.4 is 0 Å². The first-order valence-corrected chi connectivity index (χ1v) is 2.89. The van der Waals surface area contributed by atoms with Crippen molar-refractivity contribution in [3.8, 4) is 0 Å². The van der Waals surface area contributed by atoms with E-state index in [2.05, 4.69) is 0 Å². The first-order chi connectivity index (χ1) is 3.79. The molecule has 0 nitrogen and oxygen atoms in total. The molecule has 1 rings (SSSR count). The minimum atomic E-state index is 0. The van der Waals surface area contributed by atoms with E-state index in [0.29, 0.717) is 0 Å². The molecule has 0 bridgehead atoms. The number of rotatable bonds is 0. The molecule has 0 aliphatic heterocycles. The van der Waals surface area contributed by atoms with E-state index in [1.54, 1.807) is 0 Å². The number of aryl methyl sites for hydroxylation is 1. The Hall–Kier alpha value is 0.133. The maximum atomic E-state index is 5.61. The molecule has 0 aromatic heterocycles. The first-order valence-electron chi connectivity index (χ1n) is 2.51. The van der Waals surface area contributed by atoms with Crippen molar-refractivity contribution in [2.45, 2.75) is 6.92 Å². The molecule has 0 radical (unpaired) electrons. The summed E-state index contributed by atoms with van der Waals surface area (Å²) in [6.45, 7) is 2.04. The van der Waals surface area contributed by atoms with Gasteiger partial charge < -0.3 is 0 Å². The zero-order valence-electron chi connectivity index (χ0n) is 5.39. The van der Waals surface area contributed by atoms with Gasteiger partial charge in [0.25, 0.3) is 0 Å². The molecule has 9 heavy (non-hydrogen) atoms. The standard InChI is InChI=1S/C7H7Cl.Zn/c1-6-2-4-7(8)5-3-6;/h2-5H,1H3;. The Morgan fingerprint density at radius 2 is 1.56 bits per heavy atom. The van der Waals surface area contributed by atoms with Crippen LogP contribution in [-0.4, -0.2) is 0 Å². The van der Waals surface area contributed by atoms with Gasteiger partial charge in [0, 0.05) is 24.5 Å². The summed E-state index contributed by atoms with van der Waals surface area (Å²) in [4.78, 5) is 0. The van der Waals surface area contributed by atoms with E-state index in [1.165, 1.54) is 5.56 Å². The van der Waals surface area contributed by atoms with Gasteiger partial charge in [-0.3, -0.25) is 0 Å². The molecule has 0 saturated carbocycles. The number of halogens is 1. The largest absolute Gasteiger partial charge is 0.0843 e. The van der Waals surface area contributed by atoms with Gasteiger partial charge in [0.2, 0.25) is 0 Å². The van der Waals surface area contributed by atoms with Crippen molar-refractivity contribution in [2.24, 2.45) is 0 Å². The molecular weight excluding hydrogens is 185 g/mol. The monoisotopic (exact) mass is 190 g/mol. The van der Waals surface area contributed by atoms with Crippen LogP contribution in [0.2, 0.25) is 5.02 Å². The molecule has 0 unspecified atom stereocenters. The molecule has 1 aromatic rings. The number of hydrogen-bond acceptors (Lipinski definition) is 0. The zero-order valence-corrected chi connectivity index (χ0v) is 9.12. The fraction of sp³-hybridized carbons (Fsp3) is 0.143. The van der Waals surface area contributed by atoms with Crippen LogP contribution in [0.5, 0.6) is 0 Å². The van der Waals surface area contributed by atoms with Gasteiger partial charge in [0.05, 0.1) is 0 Å². The quantitative estimate of drug-likeness (QED) is 0.554. The summed E-state index contributed by atoms with van der Waals surface area (Å²) in [5, 5.41) is 0.801. The maximum Gasteiger partial charge on any atom is 0.0406 e. The Bertz CT molecular complexity index is 148. The molecule has 2 heteroatoms. The van der Waals surface area contributed by atoms with E-state index >= 15 is 0 Å². The summed E-state index contributed by atoms with van der Waals surface area (Å²) in [6, 6.07) is 7.75. The van der Waals surface area contributed by atoms with Crippen molar-refractivity contribution < 1.29 is 19.5 Å². The zero-order chi connectivity index (χ0) is 5.98. The maximum absolute atomic E-state index is 5.61. The average Bonchev–Trinajstić information content (AvgIpc) is 1.77. The van der Waals surface area contributed by atoms with Gasteiger partial charge in [-0.15, -0.1) is 0 Å². The molecular formula is C7H7ClZn. The van der Waals surface area contributed by atoms with Gasteiger partial charge >= 0.3 is 0 Å². The summed E-state index contributed by atoms with van der Waals surface area (Å²) in [5.41, 5.74) is 1.24. The Morgan fingerprint density at radius 1 is 1.11 bits per heavy atom. The first kappa shape index (κ1) is 9.13. The third-order valence-corrected chi connectivity index (χ3v) is 1.26. The van der Waals surface area contributed by atoms with Crippen molar-refractivity contribution in [3.05, 3.63) is 34.9 Å². The van der Waals surface area contributed by atoms with Crippen LogP contribution in [-0.2, 0) is 19.5 Å². The van der Waals surface area contributed by atoms with Gasteiger partial charge in [0.1, 0.15) is 0 Å². The number of benzene rings is 1. The van der Waals surface area contributed by atoms with Gasteiger partial charge in [-0.2, -0.15) is 0 Å². The van der Waals surface area contributed by atoms with Crippen LogP contribution in [0, 0.1) is 6.92 Å². The summed E-state index contributed by atoms with van der Waals surface area (Å²) in [6.07, 6.45) is 0. The van der Waals surface area contributed by atoms with E-state index < -0.39 is 0 Å².